The Balaban J connectivity index is 2.11. The van der Waals surface area contributed by atoms with E-state index in [2.05, 4.69) is 70.9 Å². The minimum Gasteiger partial charge on any atom is -0.472 e. The summed E-state index contributed by atoms with van der Waals surface area (Å²) in [6.07, 6.45) is 1.81. The lowest BCUT2D eigenvalue weighted by atomic mass is 10.0. The first-order chi connectivity index (χ1) is 11.9. The molecule has 0 N–H and O–H groups in total. The van der Waals surface area contributed by atoms with Crippen LogP contribution in [0, 0.1) is 6.92 Å². The van der Waals surface area contributed by atoms with Crippen LogP contribution >= 0.6 is 15.9 Å². The molecule has 1 aromatic carbocycles. The summed E-state index contributed by atoms with van der Waals surface area (Å²) in [4.78, 5) is 11.0. The third kappa shape index (κ3) is 5.56. The number of hydrogen-bond donors (Lipinski definition) is 0. The summed E-state index contributed by atoms with van der Waals surface area (Å²) in [7, 11) is 1.99. The molecule has 25 heavy (non-hydrogen) atoms. The molecular formula is C20H26BrN3O. The van der Waals surface area contributed by atoms with E-state index in [1.54, 1.807) is 0 Å². The predicted octanol–water partition coefficient (Wildman–Crippen LogP) is 5.47. The molecule has 0 bridgehead atoms. The Labute approximate surface area is 159 Å². The summed E-state index contributed by atoms with van der Waals surface area (Å²) in [6, 6.07) is 10.4. The fourth-order valence-electron chi connectivity index (χ4n) is 2.22. The Morgan fingerprint density at radius 2 is 2.08 bits per heavy atom. The van der Waals surface area contributed by atoms with E-state index >= 15 is 0 Å². The number of aryl methyl sites for hydroxylation is 1. The van der Waals surface area contributed by atoms with Crippen molar-refractivity contribution in [2.75, 3.05) is 13.6 Å². The third-order valence-corrected chi connectivity index (χ3v) is 4.56. The first-order valence-corrected chi connectivity index (χ1v) is 9.33. The lowest BCUT2D eigenvalue weighted by molar-refractivity contribution is 0.291. The van der Waals surface area contributed by atoms with Crippen LogP contribution in [0.3, 0.4) is 0 Å². The average Bonchev–Trinajstić information content (AvgIpc) is 2.60. The van der Waals surface area contributed by atoms with Gasteiger partial charge in [-0.3, -0.25) is 0 Å². The third-order valence-electron chi connectivity index (χ3n) is 3.99. The summed E-state index contributed by atoms with van der Waals surface area (Å²) in [5, 5.41) is 0. The van der Waals surface area contributed by atoms with Crippen LogP contribution in [0.4, 0.5) is 5.69 Å². The molecule has 0 aliphatic rings. The van der Waals surface area contributed by atoms with Crippen LogP contribution in [0.1, 0.15) is 43.5 Å². The van der Waals surface area contributed by atoms with Crippen molar-refractivity contribution in [3.05, 3.63) is 51.6 Å². The van der Waals surface area contributed by atoms with Gasteiger partial charge in [-0.15, -0.1) is 0 Å². The summed E-state index contributed by atoms with van der Waals surface area (Å²) in [5.41, 5.74) is 4.13. The van der Waals surface area contributed by atoms with E-state index in [0.29, 0.717) is 18.4 Å². The van der Waals surface area contributed by atoms with Gasteiger partial charge in [0.15, 0.2) is 0 Å². The van der Waals surface area contributed by atoms with Gasteiger partial charge in [0.25, 0.3) is 0 Å². The van der Waals surface area contributed by atoms with E-state index in [4.69, 9.17) is 4.74 Å². The van der Waals surface area contributed by atoms with Crippen molar-refractivity contribution < 1.29 is 4.74 Å². The number of aromatic nitrogens is 1. The SMILES string of the molecule is CCN(C)C=Nc1cc(Br)c(OCc2cccc(C(C)C)c2)nc1C. The Bertz CT molecular complexity index is 744. The van der Waals surface area contributed by atoms with Crippen molar-refractivity contribution in [1.29, 1.82) is 0 Å². The molecule has 2 aromatic rings. The van der Waals surface area contributed by atoms with Crippen molar-refractivity contribution in [2.24, 2.45) is 4.99 Å². The Hall–Kier alpha value is -1.88. The van der Waals surface area contributed by atoms with Gasteiger partial charge in [-0.1, -0.05) is 38.1 Å². The smallest absolute Gasteiger partial charge is 0.228 e. The van der Waals surface area contributed by atoms with Crippen molar-refractivity contribution in [2.45, 2.75) is 40.2 Å². The van der Waals surface area contributed by atoms with Crippen LogP contribution in [0.25, 0.3) is 0 Å². The number of aliphatic imine (C=N–C) groups is 1. The van der Waals surface area contributed by atoms with Crippen molar-refractivity contribution in [1.82, 2.24) is 9.88 Å². The quantitative estimate of drug-likeness (QED) is 0.454. The summed E-state index contributed by atoms with van der Waals surface area (Å²) in [5.74, 6) is 1.10. The van der Waals surface area contributed by atoms with Gasteiger partial charge in [0, 0.05) is 13.6 Å². The molecule has 0 amide bonds. The van der Waals surface area contributed by atoms with E-state index in [0.717, 1.165) is 28.0 Å². The molecule has 0 unspecified atom stereocenters. The van der Waals surface area contributed by atoms with Crippen molar-refractivity contribution in [3.63, 3.8) is 0 Å². The second-order valence-corrected chi connectivity index (χ2v) is 7.24. The predicted molar refractivity (Wildman–Crippen MR) is 108 cm³/mol. The molecule has 1 heterocycles. The molecule has 0 atom stereocenters. The van der Waals surface area contributed by atoms with Crippen molar-refractivity contribution >= 4 is 28.0 Å². The molecular weight excluding hydrogens is 378 g/mol. The molecule has 0 radical (unpaired) electrons. The second-order valence-electron chi connectivity index (χ2n) is 6.39. The summed E-state index contributed by atoms with van der Waals surface area (Å²) < 4.78 is 6.73. The fraction of sp³-hybridized carbons (Fsp3) is 0.400. The zero-order valence-corrected chi connectivity index (χ0v) is 17.2. The van der Waals surface area contributed by atoms with Gasteiger partial charge < -0.3 is 9.64 Å². The van der Waals surface area contributed by atoms with Gasteiger partial charge in [0.2, 0.25) is 5.88 Å². The van der Waals surface area contributed by atoms with Crippen LogP contribution in [0.5, 0.6) is 5.88 Å². The molecule has 4 nitrogen and oxygen atoms in total. The number of rotatable bonds is 7. The van der Waals surface area contributed by atoms with Crippen LogP contribution in [-0.4, -0.2) is 29.8 Å². The van der Waals surface area contributed by atoms with Crippen LogP contribution < -0.4 is 4.74 Å². The van der Waals surface area contributed by atoms with E-state index < -0.39 is 0 Å². The molecule has 2 rings (SSSR count). The highest BCUT2D eigenvalue weighted by Crippen LogP contribution is 2.30. The van der Waals surface area contributed by atoms with Gasteiger partial charge in [-0.2, -0.15) is 0 Å². The van der Waals surface area contributed by atoms with E-state index in [-0.39, 0.29) is 0 Å². The highest BCUT2D eigenvalue weighted by atomic mass is 79.9. The summed E-state index contributed by atoms with van der Waals surface area (Å²) >= 11 is 3.54. The molecule has 0 aliphatic carbocycles. The minimum atomic E-state index is 0.493. The maximum absolute atomic E-state index is 5.92. The van der Waals surface area contributed by atoms with E-state index in [1.165, 1.54) is 5.56 Å². The van der Waals surface area contributed by atoms with Crippen molar-refractivity contribution in [3.8, 4) is 5.88 Å². The minimum absolute atomic E-state index is 0.493. The normalized spacial score (nSPS) is 11.3. The first-order valence-electron chi connectivity index (χ1n) is 8.54. The molecule has 1 aromatic heterocycles. The molecule has 134 valence electrons. The highest BCUT2D eigenvalue weighted by molar-refractivity contribution is 9.10. The number of nitrogens with zero attached hydrogens (tertiary/aromatic N) is 3. The lowest BCUT2D eigenvalue weighted by Gasteiger charge is -2.12. The maximum atomic E-state index is 5.92. The number of hydrogen-bond acceptors (Lipinski definition) is 3. The Morgan fingerprint density at radius 1 is 1.32 bits per heavy atom. The Morgan fingerprint density at radius 3 is 2.76 bits per heavy atom. The first kappa shape index (κ1) is 19.4. The largest absolute Gasteiger partial charge is 0.472 e. The van der Waals surface area contributed by atoms with E-state index in [1.807, 2.05) is 31.3 Å². The standard InChI is InChI=1S/C20H26BrN3O/c1-6-24(5)13-22-19-11-18(21)20(23-15(19)4)25-12-16-8-7-9-17(10-16)14(2)3/h7-11,13-14H,6,12H2,1-5H3. The number of halogens is 1. The second kappa shape index (κ2) is 8.99. The maximum Gasteiger partial charge on any atom is 0.228 e. The topological polar surface area (TPSA) is 37.7 Å². The number of pyridine rings is 1. The monoisotopic (exact) mass is 403 g/mol. The highest BCUT2D eigenvalue weighted by Gasteiger charge is 2.09. The summed E-state index contributed by atoms with van der Waals surface area (Å²) in [6.45, 7) is 9.81. The molecule has 0 saturated heterocycles. The molecule has 5 heteroatoms. The number of benzene rings is 1. The zero-order chi connectivity index (χ0) is 18.4. The Kier molecular flexibility index (Phi) is 7.00. The number of ether oxygens (including phenoxy) is 1. The molecule has 0 spiro atoms. The zero-order valence-electron chi connectivity index (χ0n) is 15.6. The van der Waals surface area contributed by atoms with Gasteiger partial charge in [0.1, 0.15) is 6.61 Å². The fourth-order valence-corrected chi connectivity index (χ4v) is 2.64. The van der Waals surface area contributed by atoms with E-state index in [9.17, 15) is 0 Å². The molecule has 0 aliphatic heterocycles. The van der Waals surface area contributed by atoms with Gasteiger partial charge >= 0.3 is 0 Å². The van der Waals surface area contributed by atoms with Gasteiger partial charge in [-0.25, -0.2) is 9.98 Å². The average molecular weight is 404 g/mol. The lowest BCUT2D eigenvalue weighted by Crippen LogP contribution is -2.14. The van der Waals surface area contributed by atoms with Gasteiger partial charge in [0.05, 0.1) is 22.2 Å². The van der Waals surface area contributed by atoms with Crippen LogP contribution in [-0.2, 0) is 6.61 Å². The molecule has 0 fully saturated rings. The van der Waals surface area contributed by atoms with Crippen LogP contribution in [0.2, 0.25) is 0 Å². The van der Waals surface area contributed by atoms with Crippen LogP contribution in [0.15, 0.2) is 39.8 Å². The van der Waals surface area contributed by atoms with Gasteiger partial charge in [-0.05, 0) is 52.9 Å². The molecule has 0 saturated carbocycles.